The predicted molar refractivity (Wildman–Crippen MR) is 254 cm³/mol. The van der Waals surface area contributed by atoms with Gasteiger partial charge in [-0.2, -0.15) is 0 Å². The van der Waals surface area contributed by atoms with Crippen molar-refractivity contribution in [2.45, 2.75) is 5.41 Å². The molecule has 0 N–H and O–H groups in total. The molecule has 3 heteroatoms. The molecule has 1 aliphatic rings. The molecule has 0 saturated heterocycles. The van der Waals surface area contributed by atoms with Gasteiger partial charge in [0.2, 0.25) is 0 Å². The SMILES string of the molecule is c1ccc(-c2nc(-c3ccc(-c4ccc5c(c4)-c4ccccc4C5(c4ccccc4)c4ccccc4)cc3)cc(-c3ccccc3-c3ccc4oc5ccccc5c4c3)n2)cc1. The van der Waals surface area contributed by atoms with Crippen LogP contribution in [0.2, 0.25) is 0 Å². The molecule has 0 radical (unpaired) electrons. The minimum atomic E-state index is -0.420. The summed E-state index contributed by atoms with van der Waals surface area (Å²) in [4.78, 5) is 10.4. The highest BCUT2D eigenvalue weighted by Gasteiger charge is 2.45. The Hall–Kier alpha value is -8.14. The molecule has 0 amide bonds. The van der Waals surface area contributed by atoms with Crippen molar-refractivity contribution < 1.29 is 4.42 Å². The van der Waals surface area contributed by atoms with E-state index in [2.05, 4.69) is 200 Å². The van der Waals surface area contributed by atoms with E-state index in [4.69, 9.17) is 14.4 Å². The monoisotopic (exact) mass is 790 g/mol. The van der Waals surface area contributed by atoms with Crippen LogP contribution in [0.25, 0.3) is 89.2 Å². The summed E-state index contributed by atoms with van der Waals surface area (Å²) >= 11 is 0. The van der Waals surface area contributed by atoms with Gasteiger partial charge in [-0.15, -0.1) is 0 Å². The standard InChI is InChI=1S/C59H38N2O/c1-4-16-41(17-5-1)58-60-54(38-55(61-58)48-24-11-10-22-46(48)43-33-35-57-51(37-43)49-25-13-15-27-56(49)62-57)40-30-28-39(29-31-40)42-32-34-53-50(36-42)47-23-12-14-26-52(47)59(53,44-18-6-2-7-19-44)45-20-8-3-9-21-45/h1-38H. The van der Waals surface area contributed by atoms with E-state index in [-0.39, 0.29) is 0 Å². The summed E-state index contributed by atoms with van der Waals surface area (Å²) in [5.74, 6) is 0.686. The number of fused-ring (bicyclic) bond motifs is 6. The lowest BCUT2D eigenvalue weighted by Crippen LogP contribution is -2.28. The van der Waals surface area contributed by atoms with Crippen molar-refractivity contribution in [3.05, 3.63) is 253 Å². The molecule has 0 aliphatic heterocycles. The third kappa shape index (κ3) is 5.74. The molecule has 0 spiro atoms. The second-order valence-electron chi connectivity index (χ2n) is 16.0. The van der Waals surface area contributed by atoms with E-state index in [1.54, 1.807) is 0 Å². The number of aromatic nitrogens is 2. The smallest absolute Gasteiger partial charge is 0.160 e. The van der Waals surface area contributed by atoms with E-state index in [0.717, 1.165) is 66.7 Å². The van der Waals surface area contributed by atoms with E-state index >= 15 is 0 Å². The fourth-order valence-electron chi connectivity index (χ4n) is 9.76. The number of para-hydroxylation sites is 1. The fraction of sp³-hybridized carbons (Fsp3) is 0.0169. The van der Waals surface area contributed by atoms with Gasteiger partial charge in [-0.3, -0.25) is 0 Å². The molecule has 0 atom stereocenters. The average Bonchev–Trinajstić information content (AvgIpc) is 3.88. The third-order valence-corrected chi connectivity index (χ3v) is 12.6. The molecule has 2 heterocycles. The van der Waals surface area contributed by atoms with Crippen molar-refractivity contribution in [2.75, 3.05) is 0 Å². The van der Waals surface area contributed by atoms with Gasteiger partial charge in [0.05, 0.1) is 16.8 Å². The summed E-state index contributed by atoms with van der Waals surface area (Å²) in [6, 6.07) is 82.3. The lowest BCUT2D eigenvalue weighted by atomic mass is 9.67. The molecule has 9 aromatic carbocycles. The molecule has 11 aromatic rings. The first kappa shape index (κ1) is 35.8. The maximum Gasteiger partial charge on any atom is 0.160 e. The van der Waals surface area contributed by atoms with Gasteiger partial charge in [-0.25, -0.2) is 9.97 Å². The summed E-state index contributed by atoms with van der Waals surface area (Å²) in [7, 11) is 0. The Kier molecular flexibility index (Phi) is 8.39. The average molecular weight is 791 g/mol. The van der Waals surface area contributed by atoms with Gasteiger partial charge in [-0.05, 0) is 86.0 Å². The number of rotatable bonds is 7. The fourth-order valence-corrected chi connectivity index (χ4v) is 9.76. The zero-order valence-electron chi connectivity index (χ0n) is 33.7. The Bertz CT molecular complexity index is 3400. The summed E-state index contributed by atoms with van der Waals surface area (Å²) in [6.45, 7) is 0. The zero-order valence-corrected chi connectivity index (χ0v) is 33.7. The molecule has 12 rings (SSSR count). The number of hydrogen-bond donors (Lipinski definition) is 0. The molecule has 0 unspecified atom stereocenters. The molecular formula is C59H38N2O. The lowest BCUT2D eigenvalue weighted by molar-refractivity contribution is 0.669. The van der Waals surface area contributed by atoms with E-state index in [9.17, 15) is 0 Å². The summed E-state index contributed by atoms with van der Waals surface area (Å²) in [5, 5.41) is 2.21. The van der Waals surface area contributed by atoms with Crippen molar-refractivity contribution in [3.63, 3.8) is 0 Å². The molecule has 0 saturated carbocycles. The molecular weight excluding hydrogens is 753 g/mol. The Balaban J connectivity index is 0.956. The summed E-state index contributed by atoms with van der Waals surface area (Å²) < 4.78 is 6.18. The van der Waals surface area contributed by atoms with Crippen molar-refractivity contribution in [1.29, 1.82) is 0 Å². The second kappa shape index (κ2) is 14.5. The van der Waals surface area contributed by atoms with Gasteiger partial charge >= 0.3 is 0 Å². The number of nitrogens with zero attached hydrogens (tertiary/aromatic N) is 2. The maximum absolute atomic E-state index is 6.18. The van der Waals surface area contributed by atoms with Crippen LogP contribution < -0.4 is 0 Å². The van der Waals surface area contributed by atoms with Gasteiger partial charge < -0.3 is 4.42 Å². The normalized spacial score (nSPS) is 12.6. The Morgan fingerprint density at radius 1 is 0.306 bits per heavy atom. The zero-order chi connectivity index (χ0) is 41.0. The highest BCUT2D eigenvalue weighted by molar-refractivity contribution is 6.06. The highest BCUT2D eigenvalue weighted by atomic mass is 16.3. The van der Waals surface area contributed by atoms with Crippen LogP contribution in [0.15, 0.2) is 235 Å². The van der Waals surface area contributed by atoms with Crippen LogP contribution in [0.5, 0.6) is 0 Å². The summed E-state index contributed by atoms with van der Waals surface area (Å²) in [5.41, 5.74) is 18.3. The van der Waals surface area contributed by atoms with Gasteiger partial charge in [-0.1, -0.05) is 200 Å². The molecule has 3 nitrogen and oxygen atoms in total. The number of furan rings is 1. The molecule has 0 bridgehead atoms. The minimum absolute atomic E-state index is 0.420. The molecule has 62 heavy (non-hydrogen) atoms. The maximum atomic E-state index is 6.18. The molecule has 1 aliphatic carbocycles. The first-order valence-corrected chi connectivity index (χ1v) is 21.1. The highest BCUT2D eigenvalue weighted by Crippen LogP contribution is 2.56. The van der Waals surface area contributed by atoms with E-state index in [1.165, 1.54) is 38.9 Å². The van der Waals surface area contributed by atoms with Crippen LogP contribution in [0.3, 0.4) is 0 Å². The van der Waals surface area contributed by atoms with Gasteiger partial charge in [0.1, 0.15) is 11.2 Å². The van der Waals surface area contributed by atoms with Gasteiger partial charge in [0.15, 0.2) is 5.82 Å². The first-order chi connectivity index (χ1) is 30.7. The van der Waals surface area contributed by atoms with E-state index < -0.39 is 5.41 Å². The minimum Gasteiger partial charge on any atom is -0.456 e. The van der Waals surface area contributed by atoms with Crippen molar-refractivity contribution >= 4 is 21.9 Å². The lowest BCUT2D eigenvalue weighted by Gasteiger charge is -2.33. The predicted octanol–water partition coefficient (Wildman–Crippen LogP) is 15.1. The third-order valence-electron chi connectivity index (χ3n) is 12.6. The topological polar surface area (TPSA) is 38.9 Å². The van der Waals surface area contributed by atoms with Gasteiger partial charge in [0.25, 0.3) is 0 Å². The second-order valence-corrected chi connectivity index (χ2v) is 16.0. The van der Waals surface area contributed by atoms with E-state index in [1.807, 2.05) is 30.3 Å². The number of hydrogen-bond acceptors (Lipinski definition) is 3. The van der Waals surface area contributed by atoms with Crippen LogP contribution in [0.1, 0.15) is 22.3 Å². The van der Waals surface area contributed by atoms with Crippen molar-refractivity contribution in [1.82, 2.24) is 9.97 Å². The van der Waals surface area contributed by atoms with Crippen molar-refractivity contribution in [3.8, 4) is 67.3 Å². The number of benzene rings is 9. The Morgan fingerprint density at radius 3 is 1.61 bits per heavy atom. The molecule has 0 fully saturated rings. The van der Waals surface area contributed by atoms with Crippen LogP contribution in [-0.2, 0) is 5.41 Å². The summed E-state index contributed by atoms with van der Waals surface area (Å²) in [6.07, 6.45) is 0. The van der Waals surface area contributed by atoms with Crippen LogP contribution >= 0.6 is 0 Å². The van der Waals surface area contributed by atoms with Crippen molar-refractivity contribution in [2.24, 2.45) is 0 Å². The van der Waals surface area contributed by atoms with Crippen LogP contribution in [0.4, 0.5) is 0 Å². The van der Waals surface area contributed by atoms with Gasteiger partial charge in [0, 0.05) is 27.5 Å². The van der Waals surface area contributed by atoms with E-state index in [0.29, 0.717) is 5.82 Å². The van der Waals surface area contributed by atoms with Crippen LogP contribution in [-0.4, -0.2) is 9.97 Å². The largest absolute Gasteiger partial charge is 0.456 e. The first-order valence-electron chi connectivity index (χ1n) is 21.1. The molecule has 290 valence electrons. The molecule has 2 aromatic heterocycles. The quantitative estimate of drug-likeness (QED) is 0.161. The van der Waals surface area contributed by atoms with Crippen LogP contribution in [0, 0.1) is 0 Å². The Labute approximate surface area is 360 Å². The Morgan fingerprint density at radius 2 is 0.855 bits per heavy atom.